The lowest BCUT2D eigenvalue weighted by molar-refractivity contribution is 0.200. The molecule has 0 heterocycles. The van der Waals surface area contributed by atoms with Crippen molar-refractivity contribution >= 4 is 23.4 Å². The van der Waals surface area contributed by atoms with E-state index < -0.39 is 0 Å². The average molecular weight is 258 g/mol. The third-order valence-corrected chi connectivity index (χ3v) is 4.56. The maximum Gasteiger partial charge on any atom is 0.0611 e. The first-order valence-corrected chi connectivity index (χ1v) is 6.69. The molecule has 1 aliphatic rings. The molecule has 0 amide bonds. The maximum atomic E-state index is 9.19. The largest absolute Gasteiger partial charge is 0.394 e. The van der Waals surface area contributed by atoms with Crippen LogP contribution >= 0.6 is 23.4 Å². The maximum absolute atomic E-state index is 9.19. The number of aliphatic hydroxyl groups is 1. The number of rotatable bonds is 3. The minimum absolute atomic E-state index is 0.0880. The minimum Gasteiger partial charge on any atom is -0.394 e. The van der Waals surface area contributed by atoms with Gasteiger partial charge in [-0.05, 0) is 43.5 Å². The van der Waals surface area contributed by atoms with Gasteiger partial charge in [-0.3, -0.25) is 0 Å². The Kier molecular flexibility index (Phi) is 3.80. The van der Waals surface area contributed by atoms with Crippen LogP contribution in [0.3, 0.4) is 0 Å². The van der Waals surface area contributed by atoms with Crippen LogP contribution in [0.2, 0.25) is 5.02 Å². The van der Waals surface area contributed by atoms with Crippen molar-refractivity contribution in [2.75, 3.05) is 6.61 Å². The fourth-order valence-corrected chi connectivity index (χ4v) is 3.51. The molecule has 0 aromatic heterocycles. The van der Waals surface area contributed by atoms with E-state index in [9.17, 15) is 5.11 Å². The van der Waals surface area contributed by atoms with E-state index in [1.54, 1.807) is 0 Å². The highest BCUT2D eigenvalue weighted by molar-refractivity contribution is 8.00. The van der Waals surface area contributed by atoms with Crippen molar-refractivity contribution in [2.24, 2.45) is 5.73 Å². The highest BCUT2D eigenvalue weighted by Gasteiger charge is 2.35. The zero-order chi connectivity index (χ0) is 11.6. The first-order valence-electron chi connectivity index (χ1n) is 5.43. The minimum atomic E-state index is -0.357. The molecule has 3 N–H and O–H groups in total. The van der Waals surface area contributed by atoms with Crippen LogP contribution in [0.25, 0.3) is 0 Å². The number of halogens is 1. The number of hydrogen-bond acceptors (Lipinski definition) is 3. The molecule has 2 nitrogen and oxygen atoms in total. The molecule has 1 aromatic carbocycles. The number of hydrogen-bond donors (Lipinski definition) is 2. The van der Waals surface area contributed by atoms with E-state index in [4.69, 9.17) is 17.3 Å². The second-order valence-corrected chi connectivity index (χ2v) is 6.27. The molecule has 0 saturated heterocycles. The third-order valence-electron chi connectivity index (χ3n) is 3.03. The molecule has 1 fully saturated rings. The van der Waals surface area contributed by atoms with Crippen molar-refractivity contribution in [1.82, 2.24) is 0 Å². The number of aliphatic hydroxyl groups excluding tert-OH is 1. The smallest absolute Gasteiger partial charge is 0.0611 e. The van der Waals surface area contributed by atoms with Crippen LogP contribution in [-0.2, 0) is 0 Å². The summed E-state index contributed by atoms with van der Waals surface area (Å²) in [5, 5.41) is 10.5. The summed E-state index contributed by atoms with van der Waals surface area (Å²) in [5.41, 5.74) is 5.69. The molecule has 0 bridgehead atoms. The van der Waals surface area contributed by atoms with Gasteiger partial charge in [0.1, 0.15) is 0 Å². The van der Waals surface area contributed by atoms with Gasteiger partial charge in [-0.1, -0.05) is 11.6 Å². The third kappa shape index (κ3) is 2.92. The van der Waals surface area contributed by atoms with Gasteiger partial charge < -0.3 is 10.8 Å². The molecular formula is C12H16ClNOS. The predicted octanol–water partition coefficient (Wildman–Crippen LogP) is 2.67. The standard InChI is InChI=1S/C12H16ClNOS/c13-9-1-3-10(4-2-9)16-11-5-6-12(14,7-11)8-15/h1-4,11,15H,5-8,14H2. The number of thioether (sulfide) groups is 1. The Hall–Kier alpha value is -0.220. The Balaban J connectivity index is 1.94. The van der Waals surface area contributed by atoms with E-state index in [1.165, 1.54) is 4.90 Å². The van der Waals surface area contributed by atoms with Crippen molar-refractivity contribution in [3.8, 4) is 0 Å². The van der Waals surface area contributed by atoms with Crippen LogP contribution in [0.4, 0.5) is 0 Å². The Morgan fingerprint density at radius 2 is 2.12 bits per heavy atom. The van der Waals surface area contributed by atoms with Gasteiger partial charge in [0.25, 0.3) is 0 Å². The van der Waals surface area contributed by atoms with Crippen molar-refractivity contribution < 1.29 is 5.11 Å². The first kappa shape index (κ1) is 12.2. The normalized spacial score (nSPS) is 29.6. The van der Waals surface area contributed by atoms with Crippen LogP contribution in [0.1, 0.15) is 19.3 Å². The summed E-state index contributed by atoms with van der Waals surface area (Å²) in [5.74, 6) is 0. The van der Waals surface area contributed by atoms with Gasteiger partial charge in [0.15, 0.2) is 0 Å². The monoisotopic (exact) mass is 257 g/mol. The quantitative estimate of drug-likeness (QED) is 0.875. The summed E-state index contributed by atoms with van der Waals surface area (Å²) in [6.45, 7) is 0.0880. The lowest BCUT2D eigenvalue weighted by Crippen LogP contribution is -2.40. The van der Waals surface area contributed by atoms with Gasteiger partial charge in [0.05, 0.1) is 6.61 Å². The molecule has 0 aliphatic heterocycles. The number of benzene rings is 1. The van der Waals surface area contributed by atoms with E-state index >= 15 is 0 Å². The fraction of sp³-hybridized carbons (Fsp3) is 0.500. The van der Waals surface area contributed by atoms with Crippen LogP contribution in [0.5, 0.6) is 0 Å². The molecule has 2 atom stereocenters. The van der Waals surface area contributed by atoms with E-state index in [-0.39, 0.29) is 12.1 Å². The van der Waals surface area contributed by atoms with Gasteiger partial charge in [0, 0.05) is 20.7 Å². The summed E-state index contributed by atoms with van der Waals surface area (Å²) in [6.07, 6.45) is 2.87. The summed E-state index contributed by atoms with van der Waals surface area (Å²) in [6, 6.07) is 7.87. The van der Waals surface area contributed by atoms with Crippen molar-refractivity contribution in [2.45, 2.75) is 34.9 Å². The van der Waals surface area contributed by atoms with E-state index in [0.717, 1.165) is 24.3 Å². The average Bonchev–Trinajstić information content (AvgIpc) is 2.65. The molecule has 16 heavy (non-hydrogen) atoms. The molecule has 2 rings (SSSR count). The summed E-state index contributed by atoms with van der Waals surface area (Å²) in [4.78, 5) is 1.22. The SMILES string of the molecule is NC1(CO)CCC(Sc2ccc(Cl)cc2)C1. The number of nitrogens with two attached hydrogens (primary N) is 1. The molecule has 1 saturated carbocycles. The van der Waals surface area contributed by atoms with Crippen LogP contribution in [0.15, 0.2) is 29.2 Å². The molecule has 0 spiro atoms. The van der Waals surface area contributed by atoms with Crippen molar-refractivity contribution in [1.29, 1.82) is 0 Å². The highest BCUT2D eigenvalue weighted by atomic mass is 35.5. The summed E-state index contributed by atoms with van der Waals surface area (Å²) >= 11 is 7.66. The van der Waals surface area contributed by atoms with Gasteiger partial charge in [-0.2, -0.15) is 0 Å². The molecular weight excluding hydrogens is 242 g/mol. The highest BCUT2D eigenvalue weighted by Crippen LogP contribution is 2.38. The molecule has 1 aromatic rings. The van der Waals surface area contributed by atoms with Crippen LogP contribution < -0.4 is 5.73 Å². The second-order valence-electron chi connectivity index (χ2n) is 4.46. The Labute approximate surface area is 105 Å². The topological polar surface area (TPSA) is 46.2 Å². The lowest BCUT2D eigenvalue weighted by atomic mass is 10.0. The molecule has 4 heteroatoms. The van der Waals surface area contributed by atoms with Crippen molar-refractivity contribution in [3.63, 3.8) is 0 Å². The Morgan fingerprint density at radius 1 is 1.44 bits per heavy atom. The van der Waals surface area contributed by atoms with Crippen LogP contribution in [-0.4, -0.2) is 22.5 Å². The van der Waals surface area contributed by atoms with E-state index in [1.807, 2.05) is 36.0 Å². The molecule has 0 radical (unpaired) electrons. The predicted molar refractivity (Wildman–Crippen MR) is 69.0 cm³/mol. The first-order chi connectivity index (χ1) is 7.61. The second kappa shape index (κ2) is 4.96. The fourth-order valence-electron chi connectivity index (χ4n) is 2.06. The zero-order valence-corrected chi connectivity index (χ0v) is 10.6. The Bertz CT molecular complexity index is 357. The zero-order valence-electron chi connectivity index (χ0n) is 9.03. The summed E-state index contributed by atoms with van der Waals surface area (Å²) in [7, 11) is 0. The van der Waals surface area contributed by atoms with Gasteiger partial charge in [-0.25, -0.2) is 0 Å². The van der Waals surface area contributed by atoms with Gasteiger partial charge in [0.2, 0.25) is 0 Å². The molecule has 2 unspecified atom stereocenters. The lowest BCUT2D eigenvalue weighted by Gasteiger charge is -2.20. The van der Waals surface area contributed by atoms with E-state index in [0.29, 0.717) is 5.25 Å². The van der Waals surface area contributed by atoms with E-state index in [2.05, 4.69) is 0 Å². The molecule has 88 valence electrons. The van der Waals surface area contributed by atoms with Crippen LogP contribution in [0, 0.1) is 0 Å². The molecule has 1 aliphatic carbocycles. The van der Waals surface area contributed by atoms with Gasteiger partial charge in [-0.15, -0.1) is 11.8 Å². The Morgan fingerprint density at radius 3 is 2.69 bits per heavy atom. The van der Waals surface area contributed by atoms with Gasteiger partial charge >= 0.3 is 0 Å². The summed E-state index contributed by atoms with van der Waals surface area (Å²) < 4.78 is 0. The van der Waals surface area contributed by atoms with Crippen molar-refractivity contribution in [3.05, 3.63) is 29.3 Å².